The molecule has 7 nitrogen and oxygen atoms in total. The summed E-state index contributed by atoms with van der Waals surface area (Å²) in [5.74, 6) is 0.500. The van der Waals surface area contributed by atoms with Gasteiger partial charge in [-0.15, -0.1) is 0 Å². The molecular weight excluding hydrogens is 420 g/mol. The van der Waals surface area contributed by atoms with Crippen molar-refractivity contribution in [1.29, 1.82) is 0 Å². The Hall–Kier alpha value is -1.65. The lowest BCUT2D eigenvalue weighted by atomic mass is 10.00. The van der Waals surface area contributed by atoms with Gasteiger partial charge < -0.3 is 15.7 Å². The molecule has 1 aromatic carbocycles. The average molecular weight is 445 g/mol. The number of aliphatic hydroxyl groups is 1. The summed E-state index contributed by atoms with van der Waals surface area (Å²) in [7, 11) is -3.63. The molecular formula is C18H25ClN4O3S2. The Morgan fingerprint density at radius 3 is 2.71 bits per heavy atom. The van der Waals surface area contributed by atoms with Gasteiger partial charge in [0.05, 0.1) is 11.4 Å². The third-order valence-corrected chi connectivity index (χ3v) is 6.23. The summed E-state index contributed by atoms with van der Waals surface area (Å²) < 4.78 is 27.1. The third kappa shape index (κ3) is 6.75. The molecule has 0 saturated carbocycles. The normalized spacial score (nSPS) is 14.5. The van der Waals surface area contributed by atoms with Crippen molar-refractivity contribution in [3.05, 3.63) is 51.7 Å². The summed E-state index contributed by atoms with van der Waals surface area (Å²) in [6.45, 7) is 4.94. The van der Waals surface area contributed by atoms with Gasteiger partial charge in [0.15, 0.2) is 5.96 Å². The van der Waals surface area contributed by atoms with Crippen LogP contribution in [0.25, 0.3) is 0 Å². The smallest absolute Gasteiger partial charge is 0.240 e. The summed E-state index contributed by atoms with van der Waals surface area (Å²) in [5, 5.41) is 20.8. The van der Waals surface area contributed by atoms with E-state index in [1.807, 2.05) is 23.8 Å². The van der Waals surface area contributed by atoms with Crippen LogP contribution in [-0.2, 0) is 15.6 Å². The predicted molar refractivity (Wildman–Crippen MR) is 115 cm³/mol. The molecule has 1 unspecified atom stereocenters. The topological polar surface area (TPSA) is 103 Å². The monoisotopic (exact) mass is 444 g/mol. The molecule has 2 aromatic rings. The second kappa shape index (κ2) is 10.2. The Balaban J connectivity index is 1.89. The van der Waals surface area contributed by atoms with Gasteiger partial charge in [-0.1, -0.05) is 17.7 Å². The quantitative estimate of drug-likeness (QED) is 0.269. The molecule has 0 bridgehead atoms. The molecule has 10 heteroatoms. The molecule has 0 radical (unpaired) electrons. The van der Waals surface area contributed by atoms with Crippen LogP contribution in [-0.4, -0.2) is 45.7 Å². The first-order valence-electron chi connectivity index (χ1n) is 8.77. The summed E-state index contributed by atoms with van der Waals surface area (Å²) in [5.41, 5.74) is -0.261. The molecule has 0 aliphatic heterocycles. The van der Waals surface area contributed by atoms with Crippen LogP contribution < -0.4 is 15.4 Å². The van der Waals surface area contributed by atoms with Crippen molar-refractivity contribution in [2.24, 2.45) is 4.99 Å². The van der Waals surface area contributed by atoms with Crippen molar-refractivity contribution < 1.29 is 13.5 Å². The zero-order chi connectivity index (χ0) is 20.6. The van der Waals surface area contributed by atoms with E-state index in [0.717, 1.165) is 5.56 Å². The molecule has 0 spiro atoms. The van der Waals surface area contributed by atoms with Crippen molar-refractivity contribution in [2.45, 2.75) is 24.3 Å². The molecule has 0 aliphatic carbocycles. The Bertz CT molecular complexity index is 884. The van der Waals surface area contributed by atoms with Crippen molar-refractivity contribution in [1.82, 2.24) is 15.4 Å². The maximum absolute atomic E-state index is 12.3. The van der Waals surface area contributed by atoms with Gasteiger partial charge in [-0.3, -0.25) is 0 Å². The lowest BCUT2D eigenvalue weighted by molar-refractivity contribution is 0.0677. The summed E-state index contributed by atoms with van der Waals surface area (Å²) >= 11 is 7.36. The SMILES string of the molecule is CCNC(=NCC(C)(O)c1ccsc1)NCCNS(=O)(=O)c1cccc(Cl)c1. The van der Waals surface area contributed by atoms with E-state index in [0.29, 0.717) is 24.1 Å². The molecule has 4 N–H and O–H groups in total. The number of guanidine groups is 1. The Morgan fingerprint density at radius 1 is 1.29 bits per heavy atom. The van der Waals surface area contributed by atoms with E-state index in [4.69, 9.17) is 11.6 Å². The maximum Gasteiger partial charge on any atom is 0.240 e. The molecule has 0 amide bonds. The van der Waals surface area contributed by atoms with Gasteiger partial charge in [0.25, 0.3) is 0 Å². The molecule has 0 saturated heterocycles. The van der Waals surface area contributed by atoms with Crippen LogP contribution in [0, 0.1) is 0 Å². The van der Waals surface area contributed by atoms with Crippen molar-refractivity contribution in [3.8, 4) is 0 Å². The van der Waals surface area contributed by atoms with Gasteiger partial charge in [0.1, 0.15) is 5.60 Å². The number of thiophene rings is 1. The molecule has 154 valence electrons. The minimum absolute atomic E-state index is 0.118. The highest BCUT2D eigenvalue weighted by Gasteiger charge is 2.23. The fraction of sp³-hybridized carbons (Fsp3) is 0.389. The maximum atomic E-state index is 12.3. The highest BCUT2D eigenvalue weighted by molar-refractivity contribution is 7.89. The van der Waals surface area contributed by atoms with Crippen LogP contribution in [0.4, 0.5) is 0 Å². The fourth-order valence-electron chi connectivity index (χ4n) is 2.32. The van der Waals surface area contributed by atoms with E-state index < -0.39 is 15.6 Å². The van der Waals surface area contributed by atoms with Gasteiger partial charge in [-0.25, -0.2) is 18.1 Å². The highest BCUT2D eigenvalue weighted by atomic mass is 35.5. The van der Waals surface area contributed by atoms with Gasteiger partial charge in [-0.05, 0) is 54.4 Å². The summed E-state index contributed by atoms with van der Waals surface area (Å²) in [6.07, 6.45) is 0. The van der Waals surface area contributed by atoms with Crippen molar-refractivity contribution >= 4 is 38.9 Å². The highest BCUT2D eigenvalue weighted by Crippen LogP contribution is 2.23. The van der Waals surface area contributed by atoms with E-state index in [1.54, 1.807) is 19.1 Å². The fourth-order valence-corrected chi connectivity index (χ4v) is 4.44. The van der Waals surface area contributed by atoms with E-state index in [2.05, 4.69) is 20.3 Å². The molecule has 1 atom stereocenters. The first kappa shape index (κ1) is 22.6. The van der Waals surface area contributed by atoms with Gasteiger partial charge in [0.2, 0.25) is 10.0 Å². The average Bonchev–Trinajstić information content (AvgIpc) is 3.19. The van der Waals surface area contributed by atoms with Crippen LogP contribution in [0.15, 0.2) is 51.0 Å². The number of halogens is 1. The summed E-state index contributed by atoms with van der Waals surface area (Å²) in [6, 6.07) is 7.96. The molecule has 0 fully saturated rings. The Kier molecular flexibility index (Phi) is 8.26. The van der Waals surface area contributed by atoms with Crippen molar-refractivity contribution in [3.63, 3.8) is 0 Å². The van der Waals surface area contributed by atoms with E-state index >= 15 is 0 Å². The second-order valence-electron chi connectivity index (χ2n) is 6.26. The third-order valence-electron chi connectivity index (χ3n) is 3.85. The first-order valence-corrected chi connectivity index (χ1v) is 11.6. The Labute approximate surface area is 174 Å². The van der Waals surface area contributed by atoms with Gasteiger partial charge in [0, 0.05) is 24.7 Å². The molecule has 2 rings (SSSR count). The van der Waals surface area contributed by atoms with Crippen LogP contribution in [0.1, 0.15) is 19.4 Å². The number of aliphatic imine (C=N–C) groups is 1. The number of nitrogens with zero attached hydrogens (tertiary/aromatic N) is 1. The minimum atomic E-state index is -3.63. The van der Waals surface area contributed by atoms with Crippen molar-refractivity contribution in [2.75, 3.05) is 26.2 Å². The first-order chi connectivity index (χ1) is 13.2. The number of benzene rings is 1. The van der Waals surface area contributed by atoms with Crippen LogP contribution in [0.2, 0.25) is 5.02 Å². The second-order valence-corrected chi connectivity index (χ2v) is 9.25. The summed E-state index contributed by atoms with van der Waals surface area (Å²) in [4.78, 5) is 4.52. The van der Waals surface area contributed by atoms with Gasteiger partial charge >= 0.3 is 0 Å². The lowest BCUT2D eigenvalue weighted by Gasteiger charge is -2.21. The Morgan fingerprint density at radius 2 is 2.07 bits per heavy atom. The number of nitrogens with one attached hydrogen (secondary N) is 3. The van der Waals surface area contributed by atoms with Crippen LogP contribution >= 0.6 is 22.9 Å². The molecule has 1 heterocycles. The largest absolute Gasteiger partial charge is 0.383 e. The van der Waals surface area contributed by atoms with Crippen LogP contribution in [0.5, 0.6) is 0 Å². The minimum Gasteiger partial charge on any atom is -0.383 e. The van der Waals surface area contributed by atoms with E-state index in [9.17, 15) is 13.5 Å². The molecule has 28 heavy (non-hydrogen) atoms. The number of rotatable bonds is 9. The molecule has 0 aliphatic rings. The lowest BCUT2D eigenvalue weighted by Crippen LogP contribution is -2.42. The predicted octanol–water partition coefficient (Wildman–Crippen LogP) is 2.14. The van der Waals surface area contributed by atoms with E-state index in [1.165, 1.54) is 23.5 Å². The molecule has 1 aromatic heterocycles. The van der Waals surface area contributed by atoms with Gasteiger partial charge in [-0.2, -0.15) is 11.3 Å². The van der Waals surface area contributed by atoms with Crippen LogP contribution in [0.3, 0.4) is 0 Å². The number of hydrogen-bond donors (Lipinski definition) is 4. The number of sulfonamides is 1. The number of hydrogen-bond acceptors (Lipinski definition) is 5. The standard InChI is InChI=1S/C18H25ClN4O3S2/c1-3-20-17(22-13-18(2,24)14-7-10-27-12-14)21-8-9-23-28(25,26)16-6-4-5-15(19)11-16/h4-7,10-12,23-24H,3,8-9,13H2,1-2H3,(H2,20,21,22). The van der Waals surface area contributed by atoms with E-state index in [-0.39, 0.29) is 18.0 Å². The zero-order valence-corrected chi connectivity index (χ0v) is 18.2. The zero-order valence-electron chi connectivity index (χ0n) is 15.8.